The lowest BCUT2D eigenvalue weighted by Crippen LogP contribution is -2.30. The smallest absolute Gasteiger partial charge is 0.309 e. The highest BCUT2D eigenvalue weighted by Gasteiger charge is 2.40. The van der Waals surface area contributed by atoms with Crippen LogP contribution < -0.4 is 0 Å². The SMILES string of the molecule is CCc1nccn1CCC(=O)N1C[C@H](C(=O)O)[C@@H](c2ccccn2)C1. The van der Waals surface area contributed by atoms with Crippen LogP contribution in [-0.4, -0.2) is 49.5 Å². The lowest BCUT2D eigenvalue weighted by molar-refractivity contribution is -0.141. The molecule has 0 aliphatic carbocycles. The van der Waals surface area contributed by atoms with Crippen LogP contribution in [0.15, 0.2) is 36.8 Å². The number of hydrogen-bond acceptors (Lipinski definition) is 4. The standard InChI is InChI=1S/C18H22N4O3/c1-2-16-20-8-10-21(16)9-6-17(23)22-11-13(14(12-22)18(24)25)15-5-3-4-7-19-15/h3-5,7-8,10,13-14H,2,6,9,11-12H2,1H3,(H,24,25)/t13-,14-/m0/s1. The van der Waals surface area contributed by atoms with Gasteiger partial charge in [0, 0.05) is 62.7 Å². The van der Waals surface area contributed by atoms with Gasteiger partial charge in [-0.3, -0.25) is 14.6 Å². The van der Waals surface area contributed by atoms with Crippen LogP contribution in [0.4, 0.5) is 0 Å². The molecule has 0 aromatic carbocycles. The molecule has 0 unspecified atom stereocenters. The number of aryl methyl sites for hydroxylation is 2. The zero-order valence-corrected chi connectivity index (χ0v) is 14.2. The Balaban J connectivity index is 1.66. The second kappa shape index (κ2) is 7.46. The highest BCUT2D eigenvalue weighted by molar-refractivity contribution is 5.79. The Morgan fingerprint density at radius 3 is 2.76 bits per heavy atom. The van der Waals surface area contributed by atoms with Gasteiger partial charge in [-0.25, -0.2) is 4.98 Å². The summed E-state index contributed by atoms with van der Waals surface area (Å²) in [6.45, 7) is 3.22. The molecule has 1 aliphatic rings. The number of nitrogens with zero attached hydrogens (tertiary/aromatic N) is 4. The molecule has 1 amide bonds. The second-order valence-corrected chi connectivity index (χ2v) is 6.24. The van der Waals surface area contributed by atoms with Crippen molar-refractivity contribution in [1.29, 1.82) is 0 Å². The predicted octanol–water partition coefficient (Wildman–Crippen LogP) is 1.56. The number of carboxylic acids is 1. The van der Waals surface area contributed by atoms with Crippen molar-refractivity contribution < 1.29 is 14.7 Å². The molecule has 3 rings (SSSR count). The number of rotatable bonds is 6. The van der Waals surface area contributed by atoms with E-state index in [4.69, 9.17) is 0 Å². The highest BCUT2D eigenvalue weighted by Crippen LogP contribution is 2.32. The summed E-state index contributed by atoms with van der Waals surface area (Å²) in [7, 11) is 0. The molecule has 1 N–H and O–H groups in total. The fourth-order valence-electron chi connectivity index (χ4n) is 3.38. The zero-order chi connectivity index (χ0) is 17.8. The predicted molar refractivity (Wildman–Crippen MR) is 90.9 cm³/mol. The topological polar surface area (TPSA) is 88.3 Å². The molecule has 0 saturated carbocycles. The maximum atomic E-state index is 12.6. The first-order chi connectivity index (χ1) is 12.1. The molecule has 0 radical (unpaired) electrons. The summed E-state index contributed by atoms with van der Waals surface area (Å²) in [5, 5.41) is 9.51. The van der Waals surface area contributed by atoms with Crippen LogP contribution in [0.25, 0.3) is 0 Å². The molecule has 1 fully saturated rings. The molecule has 3 heterocycles. The minimum Gasteiger partial charge on any atom is -0.481 e. The summed E-state index contributed by atoms with van der Waals surface area (Å²) in [6, 6.07) is 5.47. The van der Waals surface area contributed by atoms with E-state index in [0.29, 0.717) is 19.5 Å². The Bertz CT molecular complexity index is 744. The molecule has 132 valence electrons. The molecule has 25 heavy (non-hydrogen) atoms. The number of carboxylic acid groups (broad SMARTS) is 1. The van der Waals surface area contributed by atoms with Gasteiger partial charge in [-0.15, -0.1) is 0 Å². The van der Waals surface area contributed by atoms with Gasteiger partial charge in [0.2, 0.25) is 5.91 Å². The molecular weight excluding hydrogens is 320 g/mol. The van der Waals surface area contributed by atoms with Gasteiger partial charge >= 0.3 is 5.97 Å². The lowest BCUT2D eigenvalue weighted by atomic mass is 9.93. The fraction of sp³-hybridized carbons (Fsp3) is 0.444. The number of imidazole rings is 1. The number of carbonyl (C=O) groups is 2. The van der Waals surface area contributed by atoms with Gasteiger partial charge in [0.15, 0.2) is 0 Å². The minimum atomic E-state index is -0.881. The fourth-order valence-corrected chi connectivity index (χ4v) is 3.38. The van der Waals surface area contributed by atoms with Crippen LogP contribution in [-0.2, 0) is 22.6 Å². The van der Waals surface area contributed by atoms with Crippen LogP contribution in [0.1, 0.15) is 30.8 Å². The summed E-state index contributed by atoms with van der Waals surface area (Å²) >= 11 is 0. The van der Waals surface area contributed by atoms with E-state index in [1.54, 1.807) is 23.4 Å². The summed E-state index contributed by atoms with van der Waals surface area (Å²) in [4.78, 5) is 34.4. The van der Waals surface area contributed by atoms with Crippen molar-refractivity contribution in [3.05, 3.63) is 48.3 Å². The van der Waals surface area contributed by atoms with Crippen molar-refractivity contribution in [2.45, 2.75) is 32.2 Å². The number of aromatic nitrogens is 3. The van der Waals surface area contributed by atoms with E-state index in [-0.39, 0.29) is 18.4 Å². The first kappa shape index (κ1) is 17.1. The Morgan fingerprint density at radius 2 is 2.08 bits per heavy atom. The third-order valence-corrected chi connectivity index (χ3v) is 4.74. The van der Waals surface area contributed by atoms with Crippen molar-refractivity contribution in [2.24, 2.45) is 5.92 Å². The van der Waals surface area contributed by atoms with Gasteiger partial charge in [0.05, 0.1) is 5.92 Å². The van der Waals surface area contributed by atoms with Crippen molar-refractivity contribution in [2.75, 3.05) is 13.1 Å². The largest absolute Gasteiger partial charge is 0.481 e. The quantitative estimate of drug-likeness (QED) is 0.860. The molecule has 2 atom stereocenters. The first-order valence-electron chi connectivity index (χ1n) is 8.51. The van der Waals surface area contributed by atoms with Crippen molar-refractivity contribution in [1.82, 2.24) is 19.4 Å². The third kappa shape index (κ3) is 3.70. The van der Waals surface area contributed by atoms with Gasteiger partial charge in [0.25, 0.3) is 0 Å². The molecule has 0 bridgehead atoms. The summed E-state index contributed by atoms with van der Waals surface area (Å²) < 4.78 is 1.97. The number of amides is 1. The van der Waals surface area contributed by atoms with E-state index in [1.807, 2.05) is 29.8 Å². The first-order valence-corrected chi connectivity index (χ1v) is 8.51. The Hall–Kier alpha value is -2.70. The third-order valence-electron chi connectivity index (χ3n) is 4.74. The molecule has 2 aromatic rings. The van der Waals surface area contributed by atoms with Gasteiger partial charge < -0.3 is 14.6 Å². The Morgan fingerprint density at radius 1 is 1.24 bits per heavy atom. The number of carbonyl (C=O) groups excluding carboxylic acids is 1. The number of likely N-dealkylation sites (tertiary alicyclic amines) is 1. The van der Waals surface area contributed by atoms with Gasteiger partial charge in [-0.1, -0.05) is 13.0 Å². The zero-order valence-electron chi connectivity index (χ0n) is 14.2. The minimum absolute atomic E-state index is 0.0274. The van der Waals surface area contributed by atoms with Crippen LogP contribution in [0, 0.1) is 5.92 Å². The molecule has 7 nitrogen and oxygen atoms in total. The normalized spacial score (nSPS) is 20.0. The summed E-state index contributed by atoms with van der Waals surface area (Å²) in [6.07, 6.45) is 6.41. The molecule has 7 heteroatoms. The van der Waals surface area contributed by atoms with Gasteiger partial charge in [0.1, 0.15) is 5.82 Å². The van der Waals surface area contributed by atoms with Crippen molar-refractivity contribution in [3.63, 3.8) is 0 Å². The van der Waals surface area contributed by atoms with E-state index in [2.05, 4.69) is 9.97 Å². The molecule has 2 aromatic heterocycles. The number of pyridine rings is 1. The highest BCUT2D eigenvalue weighted by atomic mass is 16.4. The average molecular weight is 342 g/mol. The number of hydrogen-bond donors (Lipinski definition) is 1. The maximum Gasteiger partial charge on any atom is 0.309 e. The van der Waals surface area contributed by atoms with Crippen molar-refractivity contribution >= 4 is 11.9 Å². The molecule has 1 saturated heterocycles. The van der Waals surface area contributed by atoms with E-state index < -0.39 is 11.9 Å². The Labute approximate surface area is 146 Å². The summed E-state index contributed by atoms with van der Waals surface area (Å²) in [5.74, 6) is -0.835. The second-order valence-electron chi connectivity index (χ2n) is 6.24. The van der Waals surface area contributed by atoms with Crippen LogP contribution in [0.5, 0.6) is 0 Å². The van der Waals surface area contributed by atoms with E-state index in [0.717, 1.165) is 17.9 Å². The lowest BCUT2D eigenvalue weighted by Gasteiger charge is -2.17. The monoisotopic (exact) mass is 342 g/mol. The van der Waals surface area contributed by atoms with E-state index in [9.17, 15) is 14.7 Å². The number of aliphatic carboxylic acids is 1. The van der Waals surface area contributed by atoms with Crippen LogP contribution in [0.2, 0.25) is 0 Å². The van der Waals surface area contributed by atoms with Gasteiger partial charge in [-0.05, 0) is 12.1 Å². The average Bonchev–Trinajstić information content (AvgIpc) is 3.27. The van der Waals surface area contributed by atoms with Crippen LogP contribution >= 0.6 is 0 Å². The Kier molecular flexibility index (Phi) is 5.11. The van der Waals surface area contributed by atoms with Crippen LogP contribution in [0.3, 0.4) is 0 Å². The van der Waals surface area contributed by atoms with Gasteiger partial charge in [-0.2, -0.15) is 0 Å². The van der Waals surface area contributed by atoms with E-state index in [1.165, 1.54) is 0 Å². The molecular formula is C18H22N4O3. The van der Waals surface area contributed by atoms with Crippen molar-refractivity contribution in [3.8, 4) is 0 Å². The molecule has 1 aliphatic heterocycles. The van der Waals surface area contributed by atoms with E-state index >= 15 is 0 Å². The maximum absolute atomic E-state index is 12.6. The molecule has 0 spiro atoms. The summed E-state index contributed by atoms with van der Waals surface area (Å²) in [5.41, 5.74) is 0.730.